The Labute approximate surface area is 103 Å². The molecule has 0 aromatic heterocycles. The fourth-order valence-corrected chi connectivity index (χ4v) is 1.07. The number of nitrogens with zero attached hydrogens (tertiary/aromatic N) is 1. The van der Waals surface area contributed by atoms with Crippen LogP contribution in [0.5, 0.6) is 5.75 Å². The number of carbonyl (C=O) groups excluding carboxylic acids is 1. The zero-order valence-electron chi connectivity index (χ0n) is 9.43. The third-order valence-corrected chi connectivity index (χ3v) is 1.96. The number of hydrogen-bond donors (Lipinski definition) is 1. The van der Waals surface area contributed by atoms with Gasteiger partial charge in [-0.05, 0) is 24.3 Å². The Morgan fingerprint density at radius 3 is 2.56 bits per heavy atom. The Kier molecular flexibility index (Phi) is 5.19. The van der Waals surface area contributed by atoms with Gasteiger partial charge in [0.25, 0.3) is 0 Å². The van der Waals surface area contributed by atoms with Gasteiger partial charge in [-0.2, -0.15) is 5.26 Å². The van der Waals surface area contributed by atoms with Crippen LogP contribution in [-0.4, -0.2) is 19.3 Å². The molecule has 0 aliphatic heterocycles. The van der Waals surface area contributed by atoms with Crippen molar-refractivity contribution in [3.8, 4) is 11.8 Å². The van der Waals surface area contributed by atoms with Crippen molar-refractivity contribution in [2.24, 2.45) is 5.73 Å². The normalized spacial score (nSPS) is 10.6. The monoisotopic (exact) mass is 250 g/mol. The van der Waals surface area contributed by atoms with Gasteiger partial charge in [-0.15, -0.1) is 0 Å². The number of rotatable bonds is 5. The summed E-state index contributed by atoms with van der Waals surface area (Å²) < 4.78 is 22.1. The summed E-state index contributed by atoms with van der Waals surface area (Å²) in [7, 11) is 0. The molecule has 0 saturated heterocycles. The van der Waals surface area contributed by atoms with Crippen molar-refractivity contribution in [2.45, 2.75) is 0 Å². The van der Waals surface area contributed by atoms with Crippen LogP contribution in [0.4, 0.5) is 9.18 Å². The highest BCUT2D eigenvalue weighted by atomic mass is 19.1. The second kappa shape index (κ2) is 6.91. The van der Waals surface area contributed by atoms with Crippen LogP contribution in [0.3, 0.4) is 0 Å². The molecule has 1 amide bonds. The lowest BCUT2D eigenvalue weighted by Crippen LogP contribution is -2.16. The van der Waals surface area contributed by atoms with Crippen LogP contribution in [-0.2, 0) is 4.74 Å². The van der Waals surface area contributed by atoms with Crippen molar-refractivity contribution in [3.63, 3.8) is 0 Å². The van der Waals surface area contributed by atoms with E-state index >= 15 is 0 Å². The molecule has 1 aromatic carbocycles. The molecule has 18 heavy (non-hydrogen) atoms. The first-order valence-electron chi connectivity index (χ1n) is 4.99. The SMILES string of the molecule is N#Cc1ccc(OCC(=CF)COC(N)=O)cc1. The Morgan fingerprint density at radius 2 is 2.06 bits per heavy atom. The molecule has 0 saturated carbocycles. The second-order valence-electron chi connectivity index (χ2n) is 3.30. The molecule has 1 aromatic rings. The van der Waals surface area contributed by atoms with Crippen LogP contribution in [0.1, 0.15) is 5.56 Å². The van der Waals surface area contributed by atoms with Crippen LogP contribution in [0.15, 0.2) is 36.2 Å². The number of nitrogens with two attached hydrogens (primary N) is 1. The lowest BCUT2D eigenvalue weighted by atomic mass is 10.2. The van der Waals surface area contributed by atoms with Crippen molar-refractivity contribution in [3.05, 3.63) is 41.7 Å². The van der Waals surface area contributed by atoms with E-state index in [0.29, 0.717) is 17.6 Å². The van der Waals surface area contributed by atoms with E-state index in [-0.39, 0.29) is 18.8 Å². The molecule has 1 rings (SSSR count). The number of nitriles is 1. The molecule has 2 N–H and O–H groups in total. The third-order valence-electron chi connectivity index (χ3n) is 1.96. The number of hydrogen-bond acceptors (Lipinski definition) is 4. The van der Waals surface area contributed by atoms with Gasteiger partial charge in [-0.25, -0.2) is 9.18 Å². The van der Waals surface area contributed by atoms with E-state index in [1.807, 2.05) is 6.07 Å². The first kappa shape index (κ1) is 13.5. The number of primary amides is 1. The molecule has 5 nitrogen and oxygen atoms in total. The maximum atomic E-state index is 12.4. The van der Waals surface area contributed by atoms with Gasteiger partial charge in [0.1, 0.15) is 19.0 Å². The summed E-state index contributed by atoms with van der Waals surface area (Å²) in [5, 5.41) is 8.60. The predicted molar refractivity (Wildman–Crippen MR) is 61.4 cm³/mol. The Morgan fingerprint density at radius 1 is 1.39 bits per heavy atom. The summed E-state index contributed by atoms with van der Waals surface area (Å²) in [6.45, 7) is -0.336. The van der Waals surface area contributed by atoms with E-state index in [1.165, 1.54) is 0 Å². The fraction of sp³-hybridized carbons (Fsp3) is 0.167. The zero-order chi connectivity index (χ0) is 13.4. The van der Waals surface area contributed by atoms with Gasteiger partial charge >= 0.3 is 6.09 Å². The van der Waals surface area contributed by atoms with Gasteiger partial charge in [0, 0.05) is 5.57 Å². The molecule has 0 aliphatic carbocycles. The summed E-state index contributed by atoms with van der Waals surface area (Å²) in [5.74, 6) is 0.479. The first-order chi connectivity index (χ1) is 8.65. The van der Waals surface area contributed by atoms with E-state index in [1.54, 1.807) is 24.3 Å². The van der Waals surface area contributed by atoms with E-state index in [4.69, 9.17) is 15.7 Å². The quantitative estimate of drug-likeness (QED) is 0.864. The minimum atomic E-state index is -0.979. The van der Waals surface area contributed by atoms with Crippen molar-refractivity contribution in [1.82, 2.24) is 0 Å². The average molecular weight is 250 g/mol. The fourth-order valence-electron chi connectivity index (χ4n) is 1.07. The molecule has 0 heterocycles. The highest BCUT2D eigenvalue weighted by Gasteiger charge is 2.03. The minimum Gasteiger partial charge on any atom is -0.489 e. The van der Waals surface area contributed by atoms with Gasteiger partial charge < -0.3 is 15.2 Å². The largest absolute Gasteiger partial charge is 0.489 e. The zero-order valence-corrected chi connectivity index (χ0v) is 9.43. The Balaban J connectivity index is 2.47. The number of carbonyl (C=O) groups is 1. The number of benzene rings is 1. The van der Waals surface area contributed by atoms with Crippen molar-refractivity contribution in [1.29, 1.82) is 5.26 Å². The summed E-state index contributed by atoms with van der Waals surface area (Å²) in [6.07, 6.45) is -0.681. The van der Waals surface area contributed by atoms with Crippen LogP contribution < -0.4 is 10.5 Å². The standard InChI is InChI=1S/C12H11FN2O3/c13-5-10(8-18-12(15)16)7-17-11-3-1-9(6-14)2-4-11/h1-5H,7-8H2,(H2,15,16). The van der Waals surface area contributed by atoms with E-state index in [9.17, 15) is 9.18 Å². The van der Waals surface area contributed by atoms with Crippen LogP contribution in [0, 0.1) is 11.3 Å². The molecule has 94 valence electrons. The lowest BCUT2D eigenvalue weighted by Gasteiger charge is -2.08. The van der Waals surface area contributed by atoms with E-state index in [2.05, 4.69) is 4.74 Å². The topological polar surface area (TPSA) is 85.3 Å². The van der Waals surface area contributed by atoms with Crippen LogP contribution in [0.2, 0.25) is 0 Å². The summed E-state index contributed by atoms with van der Waals surface area (Å²) in [4.78, 5) is 10.3. The molecule has 6 heteroatoms. The van der Waals surface area contributed by atoms with Crippen LogP contribution in [0.25, 0.3) is 0 Å². The number of amides is 1. The van der Waals surface area contributed by atoms with Gasteiger partial charge in [-0.1, -0.05) is 0 Å². The molecular weight excluding hydrogens is 239 g/mol. The smallest absolute Gasteiger partial charge is 0.404 e. The van der Waals surface area contributed by atoms with Crippen molar-refractivity contribution >= 4 is 6.09 Å². The molecule has 0 spiro atoms. The lowest BCUT2D eigenvalue weighted by molar-refractivity contribution is 0.162. The Bertz CT molecular complexity index is 477. The van der Waals surface area contributed by atoms with Crippen molar-refractivity contribution < 1.29 is 18.7 Å². The molecular formula is C12H11FN2O3. The molecule has 0 aliphatic rings. The maximum Gasteiger partial charge on any atom is 0.404 e. The Hall–Kier alpha value is -2.55. The highest BCUT2D eigenvalue weighted by Crippen LogP contribution is 2.12. The van der Waals surface area contributed by atoms with E-state index in [0.717, 1.165) is 0 Å². The number of ether oxygens (including phenoxy) is 2. The van der Waals surface area contributed by atoms with Gasteiger partial charge in [0.15, 0.2) is 0 Å². The molecule has 0 fully saturated rings. The molecule has 0 bridgehead atoms. The van der Waals surface area contributed by atoms with Crippen molar-refractivity contribution in [2.75, 3.05) is 13.2 Å². The summed E-state index contributed by atoms with van der Waals surface area (Å²) in [5.41, 5.74) is 5.39. The second-order valence-corrected chi connectivity index (χ2v) is 3.30. The van der Waals surface area contributed by atoms with Gasteiger partial charge in [-0.3, -0.25) is 0 Å². The predicted octanol–water partition coefficient (Wildman–Crippen LogP) is 1.89. The van der Waals surface area contributed by atoms with Gasteiger partial charge in [0.05, 0.1) is 18.0 Å². The molecule has 0 radical (unpaired) electrons. The third kappa shape index (κ3) is 4.53. The molecule has 0 atom stereocenters. The van der Waals surface area contributed by atoms with Crippen LogP contribution >= 0.6 is 0 Å². The van der Waals surface area contributed by atoms with E-state index < -0.39 is 6.09 Å². The number of halogens is 1. The van der Waals surface area contributed by atoms with Gasteiger partial charge in [0.2, 0.25) is 0 Å². The molecule has 0 unspecified atom stereocenters. The average Bonchev–Trinajstić information content (AvgIpc) is 2.39. The first-order valence-corrected chi connectivity index (χ1v) is 4.99. The highest BCUT2D eigenvalue weighted by molar-refractivity contribution is 5.64. The summed E-state index contributed by atoms with van der Waals surface area (Å²) >= 11 is 0. The minimum absolute atomic E-state index is 0.0737. The summed E-state index contributed by atoms with van der Waals surface area (Å²) in [6, 6.07) is 8.29. The maximum absolute atomic E-state index is 12.4.